The van der Waals surface area contributed by atoms with E-state index in [1.165, 1.54) is 13.3 Å². The molecule has 4 aromatic heterocycles. The molecule has 1 saturated carbocycles. The van der Waals surface area contributed by atoms with Gasteiger partial charge in [-0.3, -0.25) is 19.3 Å². The number of carbonyl (C=O) groups is 2. The van der Waals surface area contributed by atoms with Gasteiger partial charge in [-0.1, -0.05) is 6.07 Å². The summed E-state index contributed by atoms with van der Waals surface area (Å²) in [5.41, 5.74) is 3.70. The fourth-order valence-corrected chi connectivity index (χ4v) is 4.39. The van der Waals surface area contributed by atoms with Crippen LogP contribution in [0.4, 0.5) is 5.69 Å². The SMILES string of the molecule is COC(=O)[C@H]1CC[C@H](n2cc(NC(=O)c3cnn4cccnc34)c(-c3ccc(C)cn3)n2)CC1. The first-order valence-corrected chi connectivity index (χ1v) is 11.2. The van der Waals surface area contributed by atoms with Gasteiger partial charge in [-0.15, -0.1) is 0 Å². The van der Waals surface area contributed by atoms with Crippen molar-refractivity contribution in [3.8, 4) is 11.4 Å². The number of anilines is 1. The van der Waals surface area contributed by atoms with Crippen molar-refractivity contribution in [2.45, 2.75) is 38.6 Å². The topological polar surface area (TPSA) is 116 Å². The van der Waals surface area contributed by atoms with Crippen molar-refractivity contribution in [3.63, 3.8) is 0 Å². The van der Waals surface area contributed by atoms with Gasteiger partial charge >= 0.3 is 5.97 Å². The normalized spacial score (nSPS) is 18.1. The molecule has 0 bridgehead atoms. The molecule has 10 nitrogen and oxygen atoms in total. The fourth-order valence-electron chi connectivity index (χ4n) is 4.39. The third kappa shape index (κ3) is 4.14. The lowest BCUT2D eigenvalue weighted by Gasteiger charge is -2.27. The standard InChI is InChI=1S/C24H25N7O3/c1-15-4-9-19(26-12-15)21-20(28-23(32)18-13-27-30-11-3-10-25-22(18)30)14-31(29-21)17-7-5-16(6-8-17)24(33)34-2/h3-4,9-14,16-17H,5-8H2,1-2H3,(H,28,32)/t16-,17-. The number of hydrogen-bond acceptors (Lipinski definition) is 7. The van der Waals surface area contributed by atoms with Crippen molar-refractivity contribution in [3.05, 3.63) is 60.3 Å². The molecule has 1 aliphatic rings. The van der Waals surface area contributed by atoms with Crippen LogP contribution in [-0.2, 0) is 9.53 Å². The van der Waals surface area contributed by atoms with Gasteiger partial charge in [-0.25, -0.2) is 9.50 Å². The number of amides is 1. The van der Waals surface area contributed by atoms with Crippen LogP contribution in [0.15, 0.2) is 49.2 Å². The third-order valence-corrected chi connectivity index (χ3v) is 6.26. The Hall–Kier alpha value is -4.08. The van der Waals surface area contributed by atoms with Crippen molar-refractivity contribution in [2.75, 3.05) is 12.4 Å². The molecule has 0 spiro atoms. The Balaban J connectivity index is 1.44. The van der Waals surface area contributed by atoms with Crippen LogP contribution in [0.2, 0.25) is 0 Å². The first-order chi connectivity index (χ1) is 16.5. The quantitative estimate of drug-likeness (QED) is 0.454. The molecule has 0 atom stereocenters. The largest absolute Gasteiger partial charge is 0.469 e. The first-order valence-electron chi connectivity index (χ1n) is 11.2. The van der Waals surface area contributed by atoms with E-state index < -0.39 is 0 Å². The Kier molecular flexibility index (Phi) is 5.79. The minimum atomic E-state index is -0.323. The molecule has 10 heteroatoms. The second-order valence-electron chi connectivity index (χ2n) is 8.52. The molecule has 5 rings (SSSR count). The van der Waals surface area contributed by atoms with Gasteiger partial charge in [-0.2, -0.15) is 10.2 Å². The Bertz CT molecular complexity index is 1330. The molecule has 4 aromatic rings. The Labute approximate surface area is 196 Å². The molecular weight excluding hydrogens is 434 g/mol. The van der Waals surface area contributed by atoms with E-state index in [4.69, 9.17) is 9.84 Å². The van der Waals surface area contributed by atoms with Gasteiger partial charge in [0.2, 0.25) is 0 Å². The monoisotopic (exact) mass is 459 g/mol. The molecule has 1 N–H and O–H groups in total. The average molecular weight is 460 g/mol. The highest BCUT2D eigenvalue weighted by Crippen LogP contribution is 2.35. The van der Waals surface area contributed by atoms with Crippen molar-refractivity contribution < 1.29 is 14.3 Å². The molecule has 0 aliphatic heterocycles. The van der Waals surface area contributed by atoms with Gasteiger partial charge in [0.05, 0.1) is 36.6 Å². The molecule has 0 unspecified atom stereocenters. The zero-order chi connectivity index (χ0) is 23.7. The van der Waals surface area contributed by atoms with Gasteiger partial charge in [0.25, 0.3) is 5.91 Å². The number of pyridine rings is 1. The van der Waals surface area contributed by atoms with Crippen LogP contribution < -0.4 is 5.32 Å². The Morgan fingerprint density at radius 1 is 1.12 bits per heavy atom. The number of aromatic nitrogens is 6. The maximum Gasteiger partial charge on any atom is 0.308 e. The zero-order valence-electron chi connectivity index (χ0n) is 19.0. The van der Waals surface area contributed by atoms with E-state index in [1.807, 2.05) is 29.9 Å². The van der Waals surface area contributed by atoms with Gasteiger partial charge in [0.1, 0.15) is 11.3 Å². The number of carbonyl (C=O) groups excluding carboxylic acids is 2. The van der Waals surface area contributed by atoms with Crippen molar-refractivity contribution >= 4 is 23.2 Å². The molecule has 1 fully saturated rings. The molecule has 0 radical (unpaired) electrons. The summed E-state index contributed by atoms with van der Waals surface area (Å²) in [6, 6.07) is 5.73. The minimum absolute atomic E-state index is 0.0719. The van der Waals surface area contributed by atoms with Crippen molar-refractivity contribution in [1.82, 2.24) is 29.4 Å². The van der Waals surface area contributed by atoms with Gasteiger partial charge in [-0.05, 0) is 50.3 Å². The molecule has 34 heavy (non-hydrogen) atoms. The number of ether oxygens (including phenoxy) is 1. The first kappa shape index (κ1) is 21.7. The molecule has 0 saturated heterocycles. The number of hydrogen-bond donors (Lipinski definition) is 1. The minimum Gasteiger partial charge on any atom is -0.469 e. The number of methoxy groups -OCH3 is 1. The van der Waals surface area contributed by atoms with Crippen LogP contribution in [0.5, 0.6) is 0 Å². The van der Waals surface area contributed by atoms with Crippen LogP contribution in [-0.4, -0.2) is 48.3 Å². The van der Waals surface area contributed by atoms with E-state index in [9.17, 15) is 9.59 Å². The van der Waals surface area contributed by atoms with E-state index in [1.54, 1.807) is 29.2 Å². The Morgan fingerprint density at radius 3 is 2.68 bits per heavy atom. The van der Waals surface area contributed by atoms with Crippen LogP contribution in [0.3, 0.4) is 0 Å². The maximum absolute atomic E-state index is 13.2. The summed E-state index contributed by atoms with van der Waals surface area (Å²) in [6.07, 6.45) is 11.6. The summed E-state index contributed by atoms with van der Waals surface area (Å²) in [4.78, 5) is 33.8. The number of nitrogens with one attached hydrogen (secondary N) is 1. The third-order valence-electron chi connectivity index (χ3n) is 6.26. The fraction of sp³-hybridized carbons (Fsp3) is 0.333. The van der Waals surface area contributed by atoms with Crippen LogP contribution in [0.25, 0.3) is 17.0 Å². The predicted molar refractivity (Wildman–Crippen MR) is 124 cm³/mol. The lowest BCUT2D eigenvalue weighted by Crippen LogP contribution is -2.24. The van der Waals surface area contributed by atoms with Crippen molar-refractivity contribution in [1.29, 1.82) is 0 Å². The Morgan fingerprint density at radius 2 is 1.94 bits per heavy atom. The predicted octanol–water partition coefficient (Wildman–Crippen LogP) is 3.45. The smallest absolute Gasteiger partial charge is 0.308 e. The summed E-state index contributed by atoms with van der Waals surface area (Å²) < 4.78 is 8.34. The van der Waals surface area contributed by atoms with Crippen LogP contribution in [0.1, 0.15) is 47.6 Å². The summed E-state index contributed by atoms with van der Waals surface area (Å²) in [6.45, 7) is 1.97. The highest BCUT2D eigenvalue weighted by atomic mass is 16.5. The molecule has 0 aromatic carbocycles. The van der Waals surface area contributed by atoms with E-state index in [0.29, 0.717) is 28.3 Å². The summed E-state index contributed by atoms with van der Waals surface area (Å²) in [5.74, 6) is -0.549. The second-order valence-corrected chi connectivity index (χ2v) is 8.52. The van der Waals surface area contributed by atoms with Gasteiger partial charge in [0.15, 0.2) is 5.65 Å². The number of nitrogens with zero attached hydrogens (tertiary/aromatic N) is 6. The second kappa shape index (κ2) is 9.05. The lowest BCUT2D eigenvalue weighted by molar-refractivity contribution is -0.146. The van der Waals surface area contributed by atoms with Crippen LogP contribution in [0, 0.1) is 12.8 Å². The molecule has 4 heterocycles. The lowest BCUT2D eigenvalue weighted by atomic mass is 9.86. The van der Waals surface area contributed by atoms with E-state index in [2.05, 4.69) is 20.4 Å². The number of aryl methyl sites for hydroxylation is 1. The van der Waals surface area contributed by atoms with Gasteiger partial charge < -0.3 is 10.1 Å². The summed E-state index contributed by atoms with van der Waals surface area (Å²) in [7, 11) is 1.43. The van der Waals surface area contributed by atoms with E-state index in [0.717, 1.165) is 31.2 Å². The highest BCUT2D eigenvalue weighted by Gasteiger charge is 2.29. The van der Waals surface area contributed by atoms with Crippen molar-refractivity contribution in [2.24, 2.45) is 5.92 Å². The van der Waals surface area contributed by atoms with Gasteiger partial charge in [0, 0.05) is 24.8 Å². The summed E-state index contributed by atoms with van der Waals surface area (Å²) in [5, 5.41) is 12.0. The number of fused-ring (bicyclic) bond motifs is 1. The summed E-state index contributed by atoms with van der Waals surface area (Å²) >= 11 is 0. The van der Waals surface area contributed by atoms with E-state index >= 15 is 0 Å². The van der Waals surface area contributed by atoms with Crippen LogP contribution >= 0.6 is 0 Å². The zero-order valence-corrected chi connectivity index (χ0v) is 19.0. The average Bonchev–Trinajstić information content (AvgIpc) is 3.49. The molecule has 1 amide bonds. The number of rotatable bonds is 5. The molecular formula is C24H25N7O3. The van der Waals surface area contributed by atoms with E-state index in [-0.39, 0.29) is 23.8 Å². The maximum atomic E-state index is 13.2. The molecule has 1 aliphatic carbocycles. The highest BCUT2D eigenvalue weighted by molar-refractivity contribution is 6.09. The molecule has 174 valence electrons. The number of esters is 1.